The Morgan fingerprint density at radius 2 is 2.10 bits per heavy atom. The Morgan fingerprint density at radius 1 is 1.38 bits per heavy atom. The molecule has 0 radical (unpaired) electrons. The number of fused-ring (bicyclic) bond motifs is 1. The molecule has 5 nitrogen and oxygen atoms in total. The highest BCUT2D eigenvalue weighted by Crippen LogP contribution is 2.31. The molecule has 1 aromatic carbocycles. The highest BCUT2D eigenvalue weighted by Gasteiger charge is 2.32. The number of amides is 2. The van der Waals surface area contributed by atoms with Gasteiger partial charge in [0, 0.05) is 6.04 Å². The molecule has 21 heavy (non-hydrogen) atoms. The van der Waals surface area contributed by atoms with Crippen molar-refractivity contribution >= 4 is 23.2 Å². The predicted octanol–water partition coefficient (Wildman–Crippen LogP) is 2.14. The van der Waals surface area contributed by atoms with Gasteiger partial charge in [0.2, 0.25) is 11.8 Å². The summed E-state index contributed by atoms with van der Waals surface area (Å²) >= 11 is 0. The van der Waals surface area contributed by atoms with E-state index in [1.807, 2.05) is 45.0 Å². The summed E-state index contributed by atoms with van der Waals surface area (Å²) in [6, 6.07) is 7.45. The van der Waals surface area contributed by atoms with Crippen molar-refractivity contribution in [3.8, 4) is 0 Å². The Bertz CT molecular complexity index is 530. The summed E-state index contributed by atoms with van der Waals surface area (Å²) < 4.78 is 0. The molecule has 0 aromatic heterocycles. The van der Waals surface area contributed by atoms with E-state index in [1.165, 1.54) is 0 Å². The number of para-hydroxylation sites is 2. The van der Waals surface area contributed by atoms with E-state index in [9.17, 15) is 9.59 Å². The van der Waals surface area contributed by atoms with Crippen LogP contribution in [0.25, 0.3) is 0 Å². The molecule has 0 bridgehead atoms. The van der Waals surface area contributed by atoms with Crippen molar-refractivity contribution in [1.82, 2.24) is 5.32 Å². The van der Waals surface area contributed by atoms with E-state index in [-0.39, 0.29) is 30.4 Å². The molecular formula is C16H23N3O2. The van der Waals surface area contributed by atoms with Gasteiger partial charge in [0.1, 0.15) is 12.6 Å². The average molecular weight is 289 g/mol. The quantitative estimate of drug-likeness (QED) is 0.873. The van der Waals surface area contributed by atoms with Crippen LogP contribution in [0.1, 0.15) is 33.6 Å². The summed E-state index contributed by atoms with van der Waals surface area (Å²) in [5.41, 5.74) is 1.67. The lowest BCUT2D eigenvalue weighted by atomic mass is 10.1. The maximum Gasteiger partial charge on any atom is 0.250 e. The second-order valence-corrected chi connectivity index (χ2v) is 5.42. The number of carbonyl (C=O) groups excluding carboxylic acids is 2. The predicted molar refractivity (Wildman–Crippen MR) is 84.4 cm³/mol. The maximum atomic E-state index is 12.5. The summed E-state index contributed by atoms with van der Waals surface area (Å²) in [7, 11) is 0. The monoisotopic (exact) mass is 289 g/mol. The van der Waals surface area contributed by atoms with Crippen molar-refractivity contribution in [3.63, 3.8) is 0 Å². The van der Waals surface area contributed by atoms with Gasteiger partial charge in [-0.1, -0.05) is 26.0 Å². The van der Waals surface area contributed by atoms with Crippen molar-refractivity contribution < 1.29 is 9.59 Å². The van der Waals surface area contributed by atoms with Gasteiger partial charge in [-0.2, -0.15) is 0 Å². The maximum absolute atomic E-state index is 12.5. The fourth-order valence-electron chi connectivity index (χ4n) is 2.39. The van der Waals surface area contributed by atoms with Gasteiger partial charge in [0.25, 0.3) is 0 Å². The normalized spacial score (nSPS) is 18.7. The van der Waals surface area contributed by atoms with Gasteiger partial charge >= 0.3 is 0 Å². The van der Waals surface area contributed by atoms with Gasteiger partial charge in [-0.25, -0.2) is 0 Å². The van der Waals surface area contributed by atoms with E-state index in [0.29, 0.717) is 6.42 Å². The topological polar surface area (TPSA) is 61.4 Å². The average Bonchev–Trinajstić information content (AvgIpc) is 2.49. The Hall–Kier alpha value is -2.04. The van der Waals surface area contributed by atoms with Crippen LogP contribution in [0.3, 0.4) is 0 Å². The zero-order valence-corrected chi connectivity index (χ0v) is 12.8. The Kier molecular flexibility index (Phi) is 4.83. The van der Waals surface area contributed by atoms with Gasteiger partial charge in [0.15, 0.2) is 0 Å². The van der Waals surface area contributed by atoms with Gasteiger partial charge in [-0.3, -0.25) is 14.5 Å². The molecule has 0 saturated heterocycles. The van der Waals surface area contributed by atoms with E-state index < -0.39 is 0 Å². The molecular weight excluding hydrogens is 266 g/mol. The first-order chi connectivity index (χ1) is 10.1. The summed E-state index contributed by atoms with van der Waals surface area (Å²) in [6.07, 6.45) is 1.56. The van der Waals surface area contributed by atoms with E-state index in [1.54, 1.807) is 4.90 Å². The van der Waals surface area contributed by atoms with E-state index in [4.69, 9.17) is 0 Å². The third-order valence-corrected chi connectivity index (χ3v) is 3.82. The first-order valence-corrected chi connectivity index (χ1v) is 7.53. The highest BCUT2D eigenvalue weighted by molar-refractivity contribution is 6.07. The number of hydrogen-bond acceptors (Lipinski definition) is 3. The lowest BCUT2D eigenvalue weighted by molar-refractivity contribution is -0.124. The summed E-state index contributed by atoms with van der Waals surface area (Å²) in [6.45, 7) is 6.00. The first kappa shape index (κ1) is 15.4. The smallest absolute Gasteiger partial charge is 0.250 e. The molecule has 114 valence electrons. The van der Waals surface area contributed by atoms with Crippen molar-refractivity contribution in [3.05, 3.63) is 24.3 Å². The van der Waals surface area contributed by atoms with Crippen LogP contribution in [-0.2, 0) is 9.59 Å². The number of rotatable bonds is 5. The van der Waals surface area contributed by atoms with Crippen LogP contribution in [0.2, 0.25) is 0 Å². The largest absolute Gasteiger partial charge is 0.372 e. The minimum absolute atomic E-state index is 0.0458. The van der Waals surface area contributed by atoms with Crippen LogP contribution in [0.4, 0.5) is 11.4 Å². The molecule has 5 heteroatoms. The number of nitrogens with one attached hydrogen (secondary N) is 2. The molecule has 1 aliphatic heterocycles. The number of benzene rings is 1. The molecule has 2 N–H and O–H groups in total. The van der Waals surface area contributed by atoms with Crippen molar-refractivity contribution in [2.45, 2.75) is 45.7 Å². The molecule has 0 saturated carbocycles. The molecule has 1 aliphatic rings. The minimum Gasteiger partial charge on any atom is -0.372 e. The highest BCUT2D eigenvalue weighted by atomic mass is 16.2. The van der Waals surface area contributed by atoms with Crippen LogP contribution >= 0.6 is 0 Å². The van der Waals surface area contributed by atoms with E-state index in [2.05, 4.69) is 10.6 Å². The molecule has 1 aromatic rings. The third-order valence-electron chi connectivity index (χ3n) is 3.82. The number of carbonyl (C=O) groups is 2. The van der Waals surface area contributed by atoms with Crippen molar-refractivity contribution in [2.24, 2.45) is 0 Å². The SMILES string of the molecule is CCC(C)NC(=O)CN1C(=O)C(CC)Nc2ccccc21. The first-order valence-electron chi connectivity index (χ1n) is 7.53. The number of anilines is 2. The molecule has 0 spiro atoms. The van der Waals surface area contributed by atoms with Gasteiger partial charge in [-0.05, 0) is 31.9 Å². The summed E-state index contributed by atoms with van der Waals surface area (Å²) in [5.74, 6) is -0.167. The fraction of sp³-hybridized carbons (Fsp3) is 0.500. The standard InChI is InChI=1S/C16H23N3O2/c1-4-11(3)17-15(20)10-19-14-9-7-6-8-13(14)18-12(5-2)16(19)21/h6-9,11-12,18H,4-5,10H2,1-3H3,(H,17,20). The second kappa shape index (κ2) is 6.61. The van der Waals surface area contributed by atoms with Crippen LogP contribution in [-0.4, -0.2) is 30.4 Å². The number of nitrogens with zero attached hydrogens (tertiary/aromatic N) is 1. The van der Waals surface area contributed by atoms with E-state index >= 15 is 0 Å². The zero-order valence-electron chi connectivity index (χ0n) is 12.8. The Labute approximate surface area is 125 Å². The minimum atomic E-state index is -0.267. The van der Waals surface area contributed by atoms with Crippen LogP contribution in [0, 0.1) is 0 Å². The van der Waals surface area contributed by atoms with Gasteiger partial charge in [-0.15, -0.1) is 0 Å². The second-order valence-electron chi connectivity index (χ2n) is 5.42. The third kappa shape index (κ3) is 3.35. The fourth-order valence-corrected chi connectivity index (χ4v) is 2.39. The molecule has 2 rings (SSSR count). The summed E-state index contributed by atoms with van der Waals surface area (Å²) in [4.78, 5) is 26.2. The number of hydrogen-bond donors (Lipinski definition) is 2. The Balaban J connectivity index is 2.20. The molecule has 1 heterocycles. The van der Waals surface area contributed by atoms with Gasteiger partial charge in [0.05, 0.1) is 11.4 Å². The van der Waals surface area contributed by atoms with E-state index in [0.717, 1.165) is 17.8 Å². The molecule has 2 amide bonds. The van der Waals surface area contributed by atoms with Crippen LogP contribution < -0.4 is 15.5 Å². The lowest BCUT2D eigenvalue weighted by Gasteiger charge is -2.34. The van der Waals surface area contributed by atoms with Crippen molar-refractivity contribution in [2.75, 3.05) is 16.8 Å². The summed E-state index contributed by atoms with van der Waals surface area (Å²) in [5, 5.41) is 6.14. The molecule has 0 fully saturated rings. The zero-order chi connectivity index (χ0) is 15.4. The Morgan fingerprint density at radius 3 is 2.76 bits per heavy atom. The molecule has 2 atom stereocenters. The van der Waals surface area contributed by atoms with Crippen molar-refractivity contribution in [1.29, 1.82) is 0 Å². The van der Waals surface area contributed by atoms with Gasteiger partial charge < -0.3 is 10.6 Å². The molecule has 0 aliphatic carbocycles. The van der Waals surface area contributed by atoms with Crippen LogP contribution in [0.5, 0.6) is 0 Å². The lowest BCUT2D eigenvalue weighted by Crippen LogP contribution is -2.51. The molecule has 2 unspecified atom stereocenters. The van der Waals surface area contributed by atoms with Crippen LogP contribution in [0.15, 0.2) is 24.3 Å².